The first-order chi connectivity index (χ1) is 13.8. The van der Waals surface area contributed by atoms with Crippen LogP contribution in [0.25, 0.3) is 27.4 Å². The number of hydrogen-bond donors (Lipinski definition) is 0. The largest absolute Gasteiger partial charge is 0.271 e. The summed E-state index contributed by atoms with van der Waals surface area (Å²) in [5.74, 6) is 1.27. The van der Waals surface area contributed by atoms with Gasteiger partial charge in [-0.05, 0) is 43.1 Å². The predicted octanol–water partition coefficient (Wildman–Crippen LogP) is 5.24. The molecule has 4 aromatic heterocycles. The Morgan fingerprint density at radius 2 is 2.10 bits per heavy atom. The van der Waals surface area contributed by atoms with Gasteiger partial charge in [0.25, 0.3) is 0 Å². The molecule has 29 heavy (non-hydrogen) atoms. The van der Waals surface area contributed by atoms with Crippen molar-refractivity contribution in [1.29, 1.82) is 0 Å². The van der Waals surface area contributed by atoms with Crippen molar-refractivity contribution >= 4 is 38.8 Å². The van der Waals surface area contributed by atoms with Crippen molar-refractivity contribution in [2.24, 2.45) is 18.4 Å². The molecule has 0 radical (unpaired) electrons. The van der Waals surface area contributed by atoms with Gasteiger partial charge in [0.05, 0.1) is 16.1 Å². The fraction of sp³-hybridized carbons (Fsp3) is 0.524. The Balaban J connectivity index is 1.65. The average molecular weight is 429 g/mol. The van der Waals surface area contributed by atoms with Crippen LogP contribution >= 0.6 is 22.9 Å². The van der Waals surface area contributed by atoms with Crippen LogP contribution in [0.5, 0.6) is 0 Å². The highest BCUT2D eigenvalue weighted by Crippen LogP contribution is 2.45. The Kier molecular flexibility index (Phi) is 4.26. The van der Waals surface area contributed by atoms with Crippen LogP contribution in [-0.4, -0.2) is 29.4 Å². The van der Waals surface area contributed by atoms with Crippen LogP contribution in [0.4, 0.5) is 0 Å². The molecule has 5 rings (SSSR count). The van der Waals surface area contributed by atoms with Crippen LogP contribution in [0.3, 0.4) is 0 Å². The van der Waals surface area contributed by atoms with E-state index in [2.05, 4.69) is 31.0 Å². The van der Waals surface area contributed by atoms with Crippen LogP contribution in [0, 0.1) is 18.3 Å². The lowest BCUT2D eigenvalue weighted by Gasteiger charge is -2.36. The standard InChI is InChI=1S/C21H25ClN6S/c1-6-21(3,4)12-7-8-13-14(9-12)29-20-15(13)19-24-18(26-28(19)10-23-20)17-16(22)11(2)27(5)25-17/h10,12H,6-9H2,1-5H3/t12-/m0/s1. The third kappa shape index (κ3) is 2.81. The first-order valence-corrected chi connectivity index (χ1v) is 11.3. The van der Waals surface area contributed by atoms with Crippen LogP contribution in [0.15, 0.2) is 6.33 Å². The zero-order valence-corrected chi connectivity index (χ0v) is 19.0. The minimum Gasteiger partial charge on any atom is -0.271 e. The summed E-state index contributed by atoms with van der Waals surface area (Å²) >= 11 is 8.30. The molecule has 0 N–H and O–H groups in total. The Labute approximate surface area is 178 Å². The maximum absolute atomic E-state index is 6.47. The normalized spacial score (nSPS) is 17.4. The molecule has 6 nitrogen and oxygen atoms in total. The third-order valence-corrected chi connectivity index (χ3v) is 8.49. The average Bonchev–Trinajstić information content (AvgIpc) is 3.36. The molecule has 0 aromatic carbocycles. The molecule has 0 saturated heterocycles. The number of hydrogen-bond acceptors (Lipinski definition) is 5. The summed E-state index contributed by atoms with van der Waals surface area (Å²) in [4.78, 5) is 12.1. The third-order valence-electron chi connectivity index (χ3n) is 6.88. The molecule has 0 unspecified atom stereocenters. The summed E-state index contributed by atoms with van der Waals surface area (Å²) in [5.41, 5.74) is 4.16. The zero-order valence-electron chi connectivity index (χ0n) is 17.5. The van der Waals surface area contributed by atoms with Crippen LogP contribution in [-0.2, 0) is 19.9 Å². The zero-order chi connectivity index (χ0) is 20.5. The van der Waals surface area contributed by atoms with E-state index in [1.54, 1.807) is 15.5 Å². The fourth-order valence-corrected chi connectivity index (χ4v) is 5.86. The highest BCUT2D eigenvalue weighted by molar-refractivity contribution is 7.19. The monoisotopic (exact) mass is 428 g/mol. The topological polar surface area (TPSA) is 60.9 Å². The second-order valence-electron chi connectivity index (χ2n) is 8.79. The molecule has 0 saturated carbocycles. The van der Waals surface area contributed by atoms with Crippen molar-refractivity contribution in [1.82, 2.24) is 29.4 Å². The Bertz CT molecular complexity index is 1250. The van der Waals surface area contributed by atoms with Gasteiger partial charge in [0.1, 0.15) is 11.2 Å². The number of fused-ring (bicyclic) bond motifs is 5. The van der Waals surface area contributed by atoms with E-state index in [0.29, 0.717) is 27.9 Å². The molecular formula is C21H25ClN6S. The summed E-state index contributed by atoms with van der Waals surface area (Å²) < 4.78 is 3.53. The number of rotatable bonds is 3. The van der Waals surface area contributed by atoms with E-state index in [-0.39, 0.29) is 0 Å². The summed E-state index contributed by atoms with van der Waals surface area (Å²) in [6.07, 6.45) is 6.39. The molecule has 1 atom stereocenters. The molecule has 4 aromatic rings. The number of thiophene rings is 1. The smallest absolute Gasteiger partial charge is 0.204 e. The first kappa shape index (κ1) is 19.0. The molecule has 0 spiro atoms. The van der Waals surface area contributed by atoms with Crippen molar-refractivity contribution in [2.75, 3.05) is 0 Å². The van der Waals surface area contributed by atoms with Gasteiger partial charge in [-0.1, -0.05) is 38.8 Å². The minimum atomic E-state index is 0.367. The Morgan fingerprint density at radius 3 is 2.79 bits per heavy atom. The summed E-state index contributed by atoms with van der Waals surface area (Å²) in [7, 11) is 1.88. The summed E-state index contributed by atoms with van der Waals surface area (Å²) in [6.45, 7) is 9.04. The van der Waals surface area contributed by atoms with Gasteiger partial charge < -0.3 is 0 Å². The van der Waals surface area contributed by atoms with Crippen LogP contribution in [0.1, 0.15) is 49.7 Å². The van der Waals surface area contributed by atoms with Gasteiger partial charge in [-0.3, -0.25) is 4.68 Å². The van der Waals surface area contributed by atoms with E-state index in [1.165, 1.54) is 23.3 Å². The molecule has 1 aliphatic carbocycles. The summed E-state index contributed by atoms with van der Waals surface area (Å²) in [6, 6.07) is 0. The number of halogens is 1. The van der Waals surface area contributed by atoms with Crippen molar-refractivity contribution < 1.29 is 0 Å². The molecular weight excluding hydrogens is 404 g/mol. The van der Waals surface area contributed by atoms with Crippen molar-refractivity contribution in [2.45, 2.75) is 53.4 Å². The van der Waals surface area contributed by atoms with E-state index in [4.69, 9.17) is 21.6 Å². The molecule has 0 fully saturated rings. The van der Waals surface area contributed by atoms with E-state index >= 15 is 0 Å². The summed E-state index contributed by atoms with van der Waals surface area (Å²) in [5, 5.41) is 10.9. The quantitative estimate of drug-likeness (QED) is 0.447. The van der Waals surface area contributed by atoms with E-state index in [0.717, 1.165) is 34.4 Å². The second-order valence-corrected chi connectivity index (χ2v) is 10.2. The highest BCUT2D eigenvalue weighted by Gasteiger charge is 2.33. The first-order valence-electron chi connectivity index (χ1n) is 10.1. The fourth-order valence-electron chi connectivity index (χ4n) is 4.36. The Hall–Kier alpha value is -1.99. The molecule has 152 valence electrons. The van der Waals surface area contributed by atoms with Crippen molar-refractivity contribution in [3.63, 3.8) is 0 Å². The predicted molar refractivity (Wildman–Crippen MR) is 118 cm³/mol. The van der Waals surface area contributed by atoms with Crippen molar-refractivity contribution in [3.05, 3.63) is 27.5 Å². The number of aryl methyl sites for hydroxylation is 2. The van der Waals surface area contributed by atoms with Crippen molar-refractivity contribution in [3.8, 4) is 11.5 Å². The van der Waals surface area contributed by atoms with Gasteiger partial charge in [-0.2, -0.15) is 5.10 Å². The van der Waals surface area contributed by atoms with Gasteiger partial charge in [0.15, 0.2) is 11.3 Å². The van der Waals surface area contributed by atoms with Gasteiger partial charge in [-0.25, -0.2) is 14.5 Å². The molecule has 4 heterocycles. The lowest BCUT2D eigenvalue weighted by atomic mass is 9.70. The molecule has 0 aliphatic heterocycles. The van der Waals surface area contributed by atoms with Crippen LogP contribution < -0.4 is 0 Å². The lowest BCUT2D eigenvalue weighted by Crippen LogP contribution is -2.28. The molecule has 8 heteroatoms. The second kappa shape index (κ2) is 6.51. The van der Waals surface area contributed by atoms with Crippen LogP contribution in [0.2, 0.25) is 5.02 Å². The maximum atomic E-state index is 6.47. The van der Waals surface area contributed by atoms with Gasteiger partial charge in [0, 0.05) is 11.9 Å². The molecule has 1 aliphatic rings. The lowest BCUT2D eigenvalue weighted by molar-refractivity contribution is 0.184. The SMILES string of the molecule is CCC(C)(C)[C@H]1CCc2c(sc3ncn4nc(-c5nn(C)c(C)c5Cl)nc4c23)C1. The van der Waals surface area contributed by atoms with Gasteiger partial charge in [-0.15, -0.1) is 16.4 Å². The van der Waals surface area contributed by atoms with Gasteiger partial charge >= 0.3 is 0 Å². The van der Waals surface area contributed by atoms with E-state index in [9.17, 15) is 0 Å². The number of aromatic nitrogens is 6. The van der Waals surface area contributed by atoms with E-state index < -0.39 is 0 Å². The van der Waals surface area contributed by atoms with E-state index in [1.807, 2.05) is 25.3 Å². The number of nitrogens with zero attached hydrogens (tertiary/aromatic N) is 6. The molecule has 0 bridgehead atoms. The maximum Gasteiger partial charge on any atom is 0.204 e. The molecule has 0 amide bonds. The Morgan fingerprint density at radius 1 is 1.31 bits per heavy atom. The minimum absolute atomic E-state index is 0.367. The highest BCUT2D eigenvalue weighted by atomic mass is 35.5. The van der Waals surface area contributed by atoms with Gasteiger partial charge in [0.2, 0.25) is 5.82 Å².